The molecule has 1 fully saturated rings. The first kappa shape index (κ1) is 28.3. The molecule has 0 spiro atoms. The molecule has 1 aliphatic carbocycles. The Morgan fingerprint density at radius 1 is 1.08 bits per heavy atom. The van der Waals surface area contributed by atoms with E-state index in [2.05, 4.69) is 26.1 Å². The van der Waals surface area contributed by atoms with Crippen molar-refractivity contribution < 1.29 is 14.3 Å². The molecular weight excluding hydrogens is 495 g/mol. The third kappa shape index (κ3) is 7.63. The number of carbonyl (C=O) groups is 2. The number of rotatable bonds is 9. The van der Waals surface area contributed by atoms with Crippen LogP contribution in [-0.4, -0.2) is 35.4 Å². The van der Waals surface area contributed by atoms with Crippen LogP contribution in [0.5, 0.6) is 5.75 Å². The lowest BCUT2D eigenvalue weighted by atomic mass is 9.86. The molecule has 0 bridgehead atoms. The minimum atomic E-state index is -0.632. The third-order valence-electron chi connectivity index (χ3n) is 6.74. The second-order valence-electron chi connectivity index (χ2n) is 10.6. The van der Waals surface area contributed by atoms with Gasteiger partial charge in [0.05, 0.1) is 0 Å². The van der Waals surface area contributed by atoms with Crippen molar-refractivity contribution in [2.24, 2.45) is 0 Å². The summed E-state index contributed by atoms with van der Waals surface area (Å²) in [7, 11) is 0. The topological polar surface area (TPSA) is 58.6 Å². The van der Waals surface area contributed by atoms with Crippen molar-refractivity contribution in [2.45, 2.75) is 90.3 Å². The summed E-state index contributed by atoms with van der Waals surface area (Å²) in [6.45, 7) is 8.25. The molecule has 196 valence electrons. The molecule has 1 unspecified atom stereocenters. The lowest BCUT2D eigenvalue weighted by Crippen LogP contribution is -2.52. The van der Waals surface area contributed by atoms with E-state index < -0.39 is 6.04 Å². The van der Waals surface area contributed by atoms with Crippen LogP contribution in [0.2, 0.25) is 10.0 Å². The highest BCUT2D eigenvalue weighted by atomic mass is 35.5. The maximum Gasteiger partial charge on any atom is 0.261 e. The van der Waals surface area contributed by atoms with Crippen LogP contribution in [0.25, 0.3) is 0 Å². The highest BCUT2D eigenvalue weighted by Crippen LogP contribution is 2.31. The van der Waals surface area contributed by atoms with E-state index in [1.54, 1.807) is 23.1 Å². The van der Waals surface area contributed by atoms with Crippen LogP contribution in [0.1, 0.15) is 77.3 Å². The number of hydrogen-bond acceptors (Lipinski definition) is 3. The number of amides is 2. The van der Waals surface area contributed by atoms with Crippen LogP contribution in [0.4, 0.5) is 0 Å². The Balaban J connectivity index is 1.83. The first-order valence-electron chi connectivity index (χ1n) is 12.9. The van der Waals surface area contributed by atoms with Crippen LogP contribution in [-0.2, 0) is 21.5 Å². The predicted octanol–water partition coefficient (Wildman–Crippen LogP) is 6.93. The number of nitrogens with zero attached hydrogens (tertiary/aromatic N) is 1. The molecule has 1 N–H and O–H groups in total. The van der Waals surface area contributed by atoms with Gasteiger partial charge in [-0.15, -0.1) is 0 Å². The number of carbonyl (C=O) groups excluding carboxylic acids is 2. The van der Waals surface area contributed by atoms with E-state index in [-0.39, 0.29) is 36.4 Å². The molecule has 0 saturated heterocycles. The number of halogens is 2. The zero-order chi connectivity index (χ0) is 26.3. The Labute approximate surface area is 225 Å². The molecule has 1 saturated carbocycles. The average Bonchev–Trinajstić information content (AvgIpc) is 2.84. The summed E-state index contributed by atoms with van der Waals surface area (Å²) in [5.41, 5.74) is 1.61. The maximum absolute atomic E-state index is 13.6. The molecule has 7 heteroatoms. The summed E-state index contributed by atoms with van der Waals surface area (Å²) < 4.78 is 6.04. The quantitative estimate of drug-likeness (QED) is 0.381. The number of benzene rings is 2. The van der Waals surface area contributed by atoms with Gasteiger partial charge in [-0.1, -0.05) is 94.4 Å². The second-order valence-corrected chi connectivity index (χ2v) is 11.4. The van der Waals surface area contributed by atoms with Gasteiger partial charge < -0.3 is 15.0 Å². The van der Waals surface area contributed by atoms with Gasteiger partial charge in [-0.25, -0.2) is 0 Å². The van der Waals surface area contributed by atoms with Gasteiger partial charge >= 0.3 is 0 Å². The number of para-hydroxylation sites is 1. The summed E-state index contributed by atoms with van der Waals surface area (Å²) in [6, 6.07) is 12.5. The summed E-state index contributed by atoms with van der Waals surface area (Å²) in [4.78, 5) is 28.6. The fraction of sp³-hybridized carbons (Fsp3) is 0.517. The number of nitrogens with one attached hydrogen (secondary N) is 1. The van der Waals surface area contributed by atoms with Crippen LogP contribution >= 0.6 is 23.2 Å². The fourth-order valence-corrected chi connectivity index (χ4v) is 5.20. The zero-order valence-corrected chi connectivity index (χ0v) is 23.3. The van der Waals surface area contributed by atoms with Gasteiger partial charge in [0.1, 0.15) is 11.8 Å². The molecule has 1 atom stereocenters. The highest BCUT2D eigenvalue weighted by molar-refractivity contribution is 6.35. The van der Waals surface area contributed by atoms with E-state index in [9.17, 15) is 9.59 Å². The van der Waals surface area contributed by atoms with Gasteiger partial charge in [0.2, 0.25) is 5.91 Å². The first-order chi connectivity index (χ1) is 17.1. The van der Waals surface area contributed by atoms with Crippen molar-refractivity contribution >= 4 is 35.0 Å². The average molecular weight is 534 g/mol. The number of hydrogen-bond donors (Lipinski definition) is 1. The monoisotopic (exact) mass is 532 g/mol. The van der Waals surface area contributed by atoms with Gasteiger partial charge in [-0.05, 0) is 54.0 Å². The molecule has 36 heavy (non-hydrogen) atoms. The van der Waals surface area contributed by atoms with Gasteiger partial charge in [0.15, 0.2) is 6.61 Å². The fourth-order valence-electron chi connectivity index (χ4n) is 4.73. The van der Waals surface area contributed by atoms with Crippen molar-refractivity contribution in [3.63, 3.8) is 0 Å². The van der Waals surface area contributed by atoms with E-state index in [1.807, 2.05) is 31.2 Å². The first-order valence-corrected chi connectivity index (χ1v) is 13.6. The molecule has 0 heterocycles. The van der Waals surface area contributed by atoms with E-state index >= 15 is 0 Å². The smallest absolute Gasteiger partial charge is 0.261 e. The molecule has 5 nitrogen and oxygen atoms in total. The predicted molar refractivity (Wildman–Crippen MR) is 147 cm³/mol. The minimum Gasteiger partial charge on any atom is -0.483 e. The molecule has 0 radical (unpaired) electrons. The summed E-state index contributed by atoms with van der Waals surface area (Å²) in [6.07, 6.45) is 5.87. The molecular formula is C29H38Cl2N2O3. The van der Waals surface area contributed by atoms with E-state index in [1.165, 1.54) is 6.42 Å². The van der Waals surface area contributed by atoms with Gasteiger partial charge in [-0.3, -0.25) is 9.59 Å². The normalized spacial score (nSPS) is 15.3. The Morgan fingerprint density at radius 2 is 1.78 bits per heavy atom. The Hall–Kier alpha value is -2.24. The molecule has 1 aliphatic rings. The SMILES string of the molecule is CCC(C(=O)NC1CCCCC1)N(Cc1ccc(Cl)cc1Cl)C(=O)COc1ccccc1C(C)(C)C. The summed E-state index contributed by atoms with van der Waals surface area (Å²) in [5.74, 6) is 0.274. The van der Waals surface area contributed by atoms with Crippen molar-refractivity contribution in [3.05, 3.63) is 63.6 Å². The van der Waals surface area contributed by atoms with E-state index in [4.69, 9.17) is 27.9 Å². The van der Waals surface area contributed by atoms with Crippen molar-refractivity contribution in [1.29, 1.82) is 0 Å². The summed E-state index contributed by atoms with van der Waals surface area (Å²) in [5, 5.41) is 4.17. The van der Waals surface area contributed by atoms with Crippen LogP contribution in [0.15, 0.2) is 42.5 Å². The van der Waals surface area contributed by atoms with Crippen LogP contribution < -0.4 is 10.1 Å². The molecule has 3 rings (SSSR count). The third-order valence-corrected chi connectivity index (χ3v) is 7.33. The minimum absolute atomic E-state index is 0.127. The number of ether oxygens (including phenoxy) is 1. The van der Waals surface area contributed by atoms with Crippen LogP contribution in [0, 0.1) is 0 Å². The summed E-state index contributed by atoms with van der Waals surface area (Å²) >= 11 is 12.5. The second kappa shape index (κ2) is 12.8. The maximum atomic E-state index is 13.6. The van der Waals surface area contributed by atoms with E-state index in [0.717, 1.165) is 36.8 Å². The molecule has 2 aromatic carbocycles. The van der Waals surface area contributed by atoms with Crippen molar-refractivity contribution in [2.75, 3.05) is 6.61 Å². The standard InChI is InChI=1S/C29H38Cl2N2O3/c1-5-25(28(35)32-22-11-7-6-8-12-22)33(18-20-15-16-21(30)17-24(20)31)27(34)19-36-26-14-10-9-13-23(26)29(2,3)4/h9-10,13-17,22,25H,5-8,11-12,18-19H2,1-4H3,(H,32,35). The van der Waals surface area contributed by atoms with Crippen molar-refractivity contribution in [1.82, 2.24) is 10.2 Å². The Morgan fingerprint density at radius 3 is 2.42 bits per heavy atom. The Bertz CT molecular complexity index is 1050. The molecule has 0 aliphatic heterocycles. The zero-order valence-electron chi connectivity index (χ0n) is 21.8. The lowest BCUT2D eigenvalue weighted by molar-refractivity contribution is -0.143. The molecule has 2 aromatic rings. The van der Waals surface area contributed by atoms with Gasteiger partial charge in [0, 0.05) is 22.6 Å². The molecule has 0 aromatic heterocycles. The van der Waals surface area contributed by atoms with E-state index in [0.29, 0.717) is 22.2 Å². The molecule has 2 amide bonds. The largest absolute Gasteiger partial charge is 0.483 e. The lowest BCUT2D eigenvalue weighted by Gasteiger charge is -2.33. The van der Waals surface area contributed by atoms with Crippen molar-refractivity contribution in [3.8, 4) is 5.75 Å². The van der Waals surface area contributed by atoms with Gasteiger partial charge in [-0.2, -0.15) is 0 Å². The van der Waals surface area contributed by atoms with Crippen LogP contribution in [0.3, 0.4) is 0 Å². The van der Waals surface area contributed by atoms with Gasteiger partial charge in [0.25, 0.3) is 5.91 Å². The highest BCUT2D eigenvalue weighted by Gasteiger charge is 2.31. The Kier molecular flexibility index (Phi) is 10.1.